The lowest BCUT2D eigenvalue weighted by atomic mass is 9.84. The van der Waals surface area contributed by atoms with Gasteiger partial charge in [-0.25, -0.2) is 0 Å². The Morgan fingerprint density at radius 3 is 2.87 bits per heavy atom. The van der Waals surface area contributed by atoms with Gasteiger partial charge in [-0.2, -0.15) is 11.3 Å². The molecule has 0 radical (unpaired) electrons. The molecule has 15 heavy (non-hydrogen) atoms. The molecule has 1 aromatic rings. The van der Waals surface area contributed by atoms with E-state index in [-0.39, 0.29) is 0 Å². The zero-order chi connectivity index (χ0) is 10.5. The molecule has 0 bridgehead atoms. The van der Waals surface area contributed by atoms with Crippen LogP contribution in [0.5, 0.6) is 0 Å². The van der Waals surface area contributed by atoms with Gasteiger partial charge in [-0.1, -0.05) is 19.3 Å². The minimum Gasteiger partial charge on any atom is -0.310 e. The summed E-state index contributed by atoms with van der Waals surface area (Å²) in [4.78, 5) is 0. The summed E-state index contributed by atoms with van der Waals surface area (Å²) in [5.41, 5.74) is 1.43. The van der Waals surface area contributed by atoms with E-state index in [4.69, 9.17) is 0 Å². The van der Waals surface area contributed by atoms with Gasteiger partial charge in [0, 0.05) is 12.6 Å². The molecular weight excluding hydrogens is 202 g/mol. The molecule has 0 aliphatic heterocycles. The van der Waals surface area contributed by atoms with Gasteiger partial charge < -0.3 is 5.32 Å². The van der Waals surface area contributed by atoms with Gasteiger partial charge in [0.1, 0.15) is 0 Å². The fraction of sp³-hybridized carbons (Fsp3) is 0.692. The first-order valence-corrected chi connectivity index (χ1v) is 7.05. The molecule has 1 aromatic heterocycles. The highest BCUT2D eigenvalue weighted by Crippen LogP contribution is 2.26. The molecule has 0 aromatic carbocycles. The molecule has 1 atom stereocenters. The van der Waals surface area contributed by atoms with Crippen LogP contribution in [0.1, 0.15) is 44.6 Å². The smallest absolute Gasteiger partial charge is 0.0216 e. The van der Waals surface area contributed by atoms with Gasteiger partial charge in [0.25, 0.3) is 0 Å². The molecule has 1 aliphatic carbocycles. The average molecular weight is 223 g/mol. The minimum absolute atomic E-state index is 0.685. The molecule has 1 N–H and O–H groups in total. The zero-order valence-electron chi connectivity index (χ0n) is 9.54. The molecule has 1 heterocycles. The van der Waals surface area contributed by atoms with Gasteiger partial charge in [-0.05, 0) is 48.1 Å². The zero-order valence-corrected chi connectivity index (χ0v) is 10.4. The lowest BCUT2D eigenvalue weighted by Crippen LogP contribution is -2.34. The van der Waals surface area contributed by atoms with E-state index in [0.29, 0.717) is 6.04 Å². The van der Waals surface area contributed by atoms with Crippen molar-refractivity contribution >= 4 is 11.3 Å². The number of thiophene rings is 1. The van der Waals surface area contributed by atoms with Crippen LogP contribution in [0.25, 0.3) is 0 Å². The van der Waals surface area contributed by atoms with Gasteiger partial charge in [0.05, 0.1) is 0 Å². The number of nitrogens with one attached hydrogen (secondary N) is 1. The Morgan fingerprint density at radius 1 is 1.40 bits per heavy atom. The molecule has 1 fully saturated rings. The van der Waals surface area contributed by atoms with E-state index >= 15 is 0 Å². The summed E-state index contributed by atoms with van der Waals surface area (Å²) in [5, 5.41) is 8.05. The van der Waals surface area contributed by atoms with Crippen molar-refractivity contribution in [2.45, 2.75) is 51.6 Å². The molecule has 2 rings (SSSR count). The normalized spacial score (nSPS) is 20.3. The van der Waals surface area contributed by atoms with Crippen LogP contribution in [0, 0.1) is 5.92 Å². The Labute approximate surface area is 96.9 Å². The highest BCUT2D eigenvalue weighted by Gasteiger charge is 2.19. The SMILES string of the molecule is C[C@H](NCc1ccsc1)C1CCCCC1. The molecule has 1 nitrogen and oxygen atoms in total. The Bertz CT molecular complexity index is 262. The fourth-order valence-corrected chi connectivity index (χ4v) is 3.14. The molecule has 1 aliphatic rings. The van der Waals surface area contributed by atoms with Crippen LogP contribution in [0.15, 0.2) is 16.8 Å². The quantitative estimate of drug-likeness (QED) is 0.818. The van der Waals surface area contributed by atoms with E-state index in [2.05, 4.69) is 29.1 Å². The second kappa shape index (κ2) is 5.66. The fourth-order valence-electron chi connectivity index (χ4n) is 2.47. The van der Waals surface area contributed by atoms with Crippen LogP contribution < -0.4 is 5.32 Å². The van der Waals surface area contributed by atoms with Crippen molar-refractivity contribution in [2.24, 2.45) is 5.92 Å². The summed E-state index contributed by atoms with van der Waals surface area (Å²) in [7, 11) is 0. The third kappa shape index (κ3) is 3.32. The Kier molecular flexibility index (Phi) is 4.21. The van der Waals surface area contributed by atoms with Crippen LogP contribution in [-0.2, 0) is 6.54 Å². The van der Waals surface area contributed by atoms with Crippen LogP contribution in [0.2, 0.25) is 0 Å². The molecular formula is C13H21NS. The minimum atomic E-state index is 0.685. The maximum absolute atomic E-state index is 3.66. The summed E-state index contributed by atoms with van der Waals surface area (Å²) in [6, 6.07) is 2.90. The first kappa shape index (κ1) is 11.2. The van der Waals surface area contributed by atoms with Gasteiger partial charge in [-0.15, -0.1) is 0 Å². The van der Waals surface area contributed by atoms with Gasteiger partial charge in [0.2, 0.25) is 0 Å². The summed E-state index contributed by atoms with van der Waals surface area (Å²) in [6.45, 7) is 3.39. The lowest BCUT2D eigenvalue weighted by molar-refractivity contribution is 0.280. The first-order valence-electron chi connectivity index (χ1n) is 6.11. The lowest BCUT2D eigenvalue weighted by Gasteiger charge is -2.28. The van der Waals surface area contributed by atoms with Crippen molar-refractivity contribution in [3.8, 4) is 0 Å². The van der Waals surface area contributed by atoms with Crippen LogP contribution in [-0.4, -0.2) is 6.04 Å². The van der Waals surface area contributed by atoms with E-state index < -0.39 is 0 Å². The largest absolute Gasteiger partial charge is 0.310 e. The Balaban J connectivity index is 1.74. The Morgan fingerprint density at radius 2 is 2.20 bits per heavy atom. The third-order valence-electron chi connectivity index (χ3n) is 3.57. The standard InChI is InChI=1S/C13H21NS/c1-11(13-5-3-2-4-6-13)14-9-12-7-8-15-10-12/h7-8,10-11,13-14H,2-6,9H2,1H3/t11-/m0/s1. The van der Waals surface area contributed by atoms with Crippen molar-refractivity contribution < 1.29 is 0 Å². The molecule has 0 amide bonds. The van der Waals surface area contributed by atoms with E-state index in [0.717, 1.165) is 12.5 Å². The van der Waals surface area contributed by atoms with Crippen LogP contribution in [0.4, 0.5) is 0 Å². The summed E-state index contributed by atoms with van der Waals surface area (Å²) in [6.07, 6.45) is 7.19. The average Bonchev–Trinajstić information content (AvgIpc) is 2.80. The van der Waals surface area contributed by atoms with Gasteiger partial charge in [0.15, 0.2) is 0 Å². The number of rotatable bonds is 4. The molecule has 0 unspecified atom stereocenters. The summed E-state index contributed by atoms with van der Waals surface area (Å²) < 4.78 is 0. The van der Waals surface area contributed by atoms with E-state index in [1.165, 1.54) is 37.7 Å². The van der Waals surface area contributed by atoms with E-state index in [9.17, 15) is 0 Å². The molecule has 84 valence electrons. The molecule has 0 saturated heterocycles. The molecule has 1 saturated carbocycles. The molecule has 0 spiro atoms. The van der Waals surface area contributed by atoms with Crippen molar-refractivity contribution in [2.75, 3.05) is 0 Å². The van der Waals surface area contributed by atoms with Crippen LogP contribution >= 0.6 is 11.3 Å². The highest BCUT2D eigenvalue weighted by atomic mass is 32.1. The van der Waals surface area contributed by atoms with Crippen LogP contribution in [0.3, 0.4) is 0 Å². The second-order valence-electron chi connectivity index (χ2n) is 4.70. The van der Waals surface area contributed by atoms with Crippen molar-refractivity contribution in [3.05, 3.63) is 22.4 Å². The maximum atomic E-state index is 3.66. The first-order chi connectivity index (χ1) is 7.36. The van der Waals surface area contributed by atoms with E-state index in [1.54, 1.807) is 11.3 Å². The topological polar surface area (TPSA) is 12.0 Å². The maximum Gasteiger partial charge on any atom is 0.0216 e. The third-order valence-corrected chi connectivity index (χ3v) is 4.30. The van der Waals surface area contributed by atoms with Gasteiger partial charge in [-0.3, -0.25) is 0 Å². The number of hydrogen-bond donors (Lipinski definition) is 1. The van der Waals surface area contributed by atoms with Gasteiger partial charge >= 0.3 is 0 Å². The second-order valence-corrected chi connectivity index (χ2v) is 5.48. The molecule has 2 heteroatoms. The van der Waals surface area contributed by atoms with Crippen molar-refractivity contribution in [3.63, 3.8) is 0 Å². The predicted molar refractivity (Wildman–Crippen MR) is 67.2 cm³/mol. The van der Waals surface area contributed by atoms with Crippen molar-refractivity contribution in [1.82, 2.24) is 5.32 Å². The monoisotopic (exact) mass is 223 g/mol. The summed E-state index contributed by atoms with van der Waals surface area (Å²) >= 11 is 1.79. The number of hydrogen-bond acceptors (Lipinski definition) is 2. The Hall–Kier alpha value is -0.340. The van der Waals surface area contributed by atoms with E-state index in [1.807, 2.05) is 0 Å². The summed E-state index contributed by atoms with van der Waals surface area (Å²) in [5.74, 6) is 0.914. The highest BCUT2D eigenvalue weighted by molar-refractivity contribution is 7.07. The predicted octanol–water partition coefficient (Wildman–Crippen LogP) is 3.81. The van der Waals surface area contributed by atoms with Crippen molar-refractivity contribution in [1.29, 1.82) is 0 Å².